The van der Waals surface area contributed by atoms with Gasteiger partial charge in [-0.25, -0.2) is 0 Å². The molecule has 1 saturated heterocycles. The van der Waals surface area contributed by atoms with Crippen molar-refractivity contribution < 1.29 is 22.3 Å². The zero-order chi connectivity index (χ0) is 16.3. The van der Waals surface area contributed by atoms with E-state index in [4.69, 9.17) is 4.42 Å². The van der Waals surface area contributed by atoms with E-state index in [1.807, 2.05) is 12.1 Å². The largest absolute Gasteiger partial charge is 0.573 e. The molecule has 0 radical (unpaired) electrons. The molecule has 1 aromatic heterocycles. The van der Waals surface area contributed by atoms with Crippen molar-refractivity contribution in [2.24, 2.45) is 0 Å². The van der Waals surface area contributed by atoms with E-state index in [-0.39, 0.29) is 5.75 Å². The van der Waals surface area contributed by atoms with Gasteiger partial charge in [-0.2, -0.15) is 0 Å². The standard InChI is InChI=1S/C16H17F3N2O2/c17-16(18,19)23-13-3-1-12(2-4-13)15-6-5-14(22-15)11-21-9-7-20-8-10-21/h1-6,20H,7-11H2. The van der Waals surface area contributed by atoms with Gasteiger partial charge in [-0.15, -0.1) is 13.2 Å². The lowest BCUT2D eigenvalue weighted by molar-refractivity contribution is -0.274. The molecule has 2 aromatic rings. The molecule has 23 heavy (non-hydrogen) atoms. The minimum Gasteiger partial charge on any atom is -0.460 e. The van der Waals surface area contributed by atoms with Crippen LogP contribution in [0.25, 0.3) is 11.3 Å². The Balaban J connectivity index is 1.65. The molecule has 7 heteroatoms. The van der Waals surface area contributed by atoms with Crippen LogP contribution in [-0.2, 0) is 6.54 Å². The van der Waals surface area contributed by atoms with Crippen molar-refractivity contribution in [3.63, 3.8) is 0 Å². The number of rotatable bonds is 4. The normalized spacial score (nSPS) is 16.5. The SMILES string of the molecule is FC(F)(F)Oc1ccc(-c2ccc(CN3CCNCC3)o2)cc1. The first kappa shape index (κ1) is 15.9. The van der Waals surface area contributed by atoms with E-state index in [1.54, 1.807) is 12.1 Å². The van der Waals surface area contributed by atoms with Crippen molar-refractivity contribution in [2.75, 3.05) is 26.2 Å². The third-order valence-electron chi connectivity index (χ3n) is 3.62. The quantitative estimate of drug-likeness (QED) is 0.936. The highest BCUT2D eigenvalue weighted by Crippen LogP contribution is 2.27. The molecular weight excluding hydrogens is 309 g/mol. The molecule has 0 spiro atoms. The van der Waals surface area contributed by atoms with E-state index in [1.165, 1.54) is 12.1 Å². The predicted octanol–water partition coefficient (Wildman–Crippen LogP) is 3.25. The lowest BCUT2D eigenvalue weighted by Crippen LogP contribution is -2.42. The number of hydrogen-bond acceptors (Lipinski definition) is 4. The molecule has 1 N–H and O–H groups in total. The Morgan fingerprint density at radius 1 is 1.04 bits per heavy atom. The molecule has 1 aliphatic rings. The predicted molar refractivity (Wildman–Crippen MR) is 79.0 cm³/mol. The topological polar surface area (TPSA) is 37.6 Å². The highest BCUT2D eigenvalue weighted by molar-refractivity contribution is 5.58. The number of hydrogen-bond donors (Lipinski definition) is 1. The maximum absolute atomic E-state index is 12.1. The van der Waals surface area contributed by atoms with Crippen molar-refractivity contribution in [3.8, 4) is 17.1 Å². The summed E-state index contributed by atoms with van der Waals surface area (Å²) in [4.78, 5) is 2.29. The van der Waals surface area contributed by atoms with E-state index in [9.17, 15) is 13.2 Å². The monoisotopic (exact) mass is 326 g/mol. The Labute approximate surface area is 131 Å². The molecule has 0 atom stereocenters. The third-order valence-corrected chi connectivity index (χ3v) is 3.62. The molecule has 124 valence electrons. The molecule has 0 bridgehead atoms. The molecule has 4 nitrogen and oxygen atoms in total. The second-order valence-electron chi connectivity index (χ2n) is 5.36. The maximum atomic E-state index is 12.1. The van der Waals surface area contributed by atoms with E-state index in [0.717, 1.165) is 38.5 Å². The van der Waals surface area contributed by atoms with E-state index in [2.05, 4.69) is 15.0 Å². The minimum atomic E-state index is -4.68. The molecule has 0 saturated carbocycles. The third kappa shape index (κ3) is 4.49. The van der Waals surface area contributed by atoms with E-state index in [0.29, 0.717) is 11.3 Å². The van der Waals surface area contributed by atoms with Crippen LogP contribution in [-0.4, -0.2) is 37.4 Å². The molecule has 1 fully saturated rings. The first-order valence-electron chi connectivity index (χ1n) is 7.37. The maximum Gasteiger partial charge on any atom is 0.573 e. The van der Waals surface area contributed by atoms with E-state index >= 15 is 0 Å². The van der Waals surface area contributed by atoms with Crippen LogP contribution in [0, 0.1) is 0 Å². The summed E-state index contributed by atoms with van der Waals surface area (Å²) in [5.74, 6) is 1.24. The number of ether oxygens (including phenoxy) is 1. The fourth-order valence-electron chi connectivity index (χ4n) is 2.53. The van der Waals surface area contributed by atoms with Gasteiger partial charge in [0.25, 0.3) is 0 Å². The summed E-state index contributed by atoms with van der Waals surface area (Å²) in [6.45, 7) is 4.61. The molecule has 0 amide bonds. The van der Waals surface area contributed by atoms with Gasteiger partial charge in [0.2, 0.25) is 0 Å². The molecule has 3 rings (SSSR count). The van der Waals surface area contributed by atoms with Gasteiger partial charge in [0.1, 0.15) is 17.3 Å². The second-order valence-corrected chi connectivity index (χ2v) is 5.36. The number of halogens is 3. The Kier molecular flexibility index (Phi) is 4.58. The van der Waals surface area contributed by atoms with Crippen molar-refractivity contribution in [1.82, 2.24) is 10.2 Å². The fourth-order valence-corrected chi connectivity index (χ4v) is 2.53. The summed E-state index contributed by atoms with van der Waals surface area (Å²) in [6.07, 6.45) is -4.68. The summed E-state index contributed by atoms with van der Waals surface area (Å²) < 4.78 is 46.1. The van der Waals surface area contributed by atoms with Crippen molar-refractivity contribution in [1.29, 1.82) is 0 Å². The number of benzene rings is 1. The van der Waals surface area contributed by atoms with Crippen LogP contribution in [0.3, 0.4) is 0 Å². The average molecular weight is 326 g/mol. The van der Waals surface area contributed by atoms with Gasteiger partial charge in [0, 0.05) is 31.7 Å². The van der Waals surface area contributed by atoms with Gasteiger partial charge in [0.15, 0.2) is 0 Å². The highest BCUT2D eigenvalue weighted by Gasteiger charge is 2.31. The van der Waals surface area contributed by atoms with Gasteiger partial charge in [-0.05, 0) is 36.4 Å². The number of alkyl halides is 3. The van der Waals surface area contributed by atoms with Crippen LogP contribution in [0.15, 0.2) is 40.8 Å². The smallest absolute Gasteiger partial charge is 0.460 e. The average Bonchev–Trinajstić information content (AvgIpc) is 2.96. The molecular formula is C16H17F3N2O2. The van der Waals surface area contributed by atoms with Crippen molar-refractivity contribution in [2.45, 2.75) is 12.9 Å². The van der Waals surface area contributed by atoms with Crippen LogP contribution in [0.5, 0.6) is 5.75 Å². The zero-order valence-electron chi connectivity index (χ0n) is 12.4. The molecule has 2 heterocycles. The number of furan rings is 1. The first-order valence-corrected chi connectivity index (χ1v) is 7.37. The van der Waals surface area contributed by atoms with Crippen LogP contribution < -0.4 is 10.1 Å². The number of piperazine rings is 1. The molecule has 0 aliphatic carbocycles. The van der Waals surface area contributed by atoms with Gasteiger partial charge >= 0.3 is 6.36 Å². The Morgan fingerprint density at radius 2 is 1.74 bits per heavy atom. The summed E-state index contributed by atoms with van der Waals surface area (Å²) in [5, 5.41) is 3.29. The molecule has 1 aliphatic heterocycles. The van der Waals surface area contributed by atoms with Gasteiger partial charge in [0.05, 0.1) is 6.54 Å². The Bertz CT molecular complexity index is 632. The van der Waals surface area contributed by atoms with Crippen LogP contribution in [0.2, 0.25) is 0 Å². The lowest BCUT2D eigenvalue weighted by atomic mass is 10.2. The van der Waals surface area contributed by atoms with Crippen LogP contribution >= 0.6 is 0 Å². The van der Waals surface area contributed by atoms with Gasteiger partial charge in [-0.1, -0.05) is 0 Å². The minimum absolute atomic E-state index is 0.242. The Hall–Kier alpha value is -1.99. The number of nitrogens with one attached hydrogen (secondary N) is 1. The van der Waals surface area contributed by atoms with Crippen molar-refractivity contribution >= 4 is 0 Å². The number of nitrogens with zero attached hydrogens (tertiary/aromatic N) is 1. The second kappa shape index (κ2) is 6.64. The molecule has 0 unspecified atom stereocenters. The Morgan fingerprint density at radius 3 is 2.39 bits per heavy atom. The van der Waals surface area contributed by atoms with Crippen LogP contribution in [0.4, 0.5) is 13.2 Å². The summed E-state index contributed by atoms with van der Waals surface area (Å²) in [7, 11) is 0. The summed E-state index contributed by atoms with van der Waals surface area (Å²) >= 11 is 0. The van der Waals surface area contributed by atoms with Crippen LogP contribution in [0.1, 0.15) is 5.76 Å². The van der Waals surface area contributed by atoms with E-state index < -0.39 is 6.36 Å². The zero-order valence-corrected chi connectivity index (χ0v) is 12.4. The summed E-state index contributed by atoms with van der Waals surface area (Å²) in [5.41, 5.74) is 0.714. The van der Waals surface area contributed by atoms with Gasteiger partial charge in [-0.3, -0.25) is 4.90 Å². The fraction of sp³-hybridized carbons (Fsp3) is 0.375. The first-order chi connectivity index (χ1) is 11.0. The summed E-state index contributed by atoms with van der Waals surface area (Å²) in [6, 6.07) is 9.39. The molecule has 1 aromatic carbocycles. The van der Waals surface area contributed by atoms with Crippen molar-refractivity contribution in [3.05, 3.63) is 42.2 Å². The highest BCUT2D eigenvalue weighted by atomic mass is 19.4. The van der Waals surface area contributed by atoms with Gasteiger partial charge < -0.3 is 14.5 Å². The lowest BCUT2D eigenvalue weighted by Gasteiger charge is -2.26.